The van der Waals surface area contributed by atoms with Crippen molar-refractivity contribution in [3.63, 3.8) is 0 Å². The summed E-state index contributed by atoms with van der Waals surface area (Å²) in [6, 6.07) is 5.07. The van der Waals surface area contributed by atoms with Crippen molar-refractivity contribution < 1.29 is 27.8 Å². The topological polar surface area (TPSA) is 46.5 Å². The average Bonchev–Trinajstić information content (AvgIpc) is 2.17. The number of esters is 1. The lowest BCUT2D eigenvalue weighted by Gasteiger charge is -2.06. The van der Waals surface area contributed by atoms with E-state index in [9.17, 15) is 18.0 Å². The van der Waals surface area contributed by atoms with Crippen molar-refractivity contribution in [1.29, 1.82) is 0 Å². The van der Waals surface area contributed by atoms with E-state index in [4.69, 9.17) is 5.11 Å². The maximum atomic E-state index is 11.8. The lowest BCUT2D eigenvalue weighted by molar-refractivity contribution is -0.189. The van der Waals surface area contributed by atoms with Crippen LogP contribution >= 0.6 is 0 Å². The zero-order valence-electron chi connectivity index (χ0n) is 7.41. The number of hydrogen-bond donors (Lipinski definition) is 1. The lowest BCUT2D eigenvalue weighted by Crippen LogP contribution is -2.27. The van der Waals surface area contributed by atoms with Crippen molar-refractivity contribution in [2.24, 2.45) is 0 Å². The van der Waals surface area contributed by atoms with E-state index in [1.807, 2.05) is 0 Å². The summed E-state index contributed by atoms with van der Waals surface area (Å²) < 4.78 is 39.3. The van der Waals surface area contributed by atoms with Gasteiger partial charge in [0.1, 0.15) is 5.75 Å². The molecule has 3 nitrogen and oxygen atoms in total. The minimum atomic E-state index is -5.00. The molecule has 1 aromatic rings. The molecule has 0 amide bonds. The Labute approximate surface area is 83.1 Å². The normalized spacial score (nSPS) is 11.2. The lowest BCUT2D eigenvalue weighted by atomic mass is 10.2. The molecule has 0 saturated heterocycles. The summed E-state index contributed by atoms with van der Waals surface area (Å²) in [5, 5.41) is 8.65. The molecule has 0 saturated carbocycles. The van der Waals surface area contributed by atoms with Crippen LogP contribution in [0, 0.1) is 0 Å². The standard InChI is InChI=1S/C9H7F3O3/c10-9(11,12)8(14)15-7-3-1-6(5-13)2-4-7/h1-4,13H,5H2. The molecule has 15 heavy (non-hydrogen) atoms. The monoisotopic (exact) mass is 220 g/mol. The van der Waals surface area contributed by atoms with Crippen LogP contribution in [-0.4, -0.2) is 17.3 Å². The number of aliphatic hydroxyl groups excluding tert-OH is 1. The highest BCUT2D eigenvalue weighted by molar-refractivity contribution is 5.78. The van der Waals surface area contributed by atoms with Crippen LogP contribution in [0.2, 0.25) is 0 Å². The first-order valence-electron chi connectivity index (χ1n) is 3.92. The Morgan fingerprint density at radius 2 is 1.80 bits per heavy atom. The fraction of sp³-hybridized carbons (Fsp3) is 0.222. The summed E-state index contributed by atoms with van der Waals surface area (Å²) in [7, 11) is 0. The van der Waals surface area contributed by atoms with Crippen LogP contribution in [0.4, 0.5) is 13.2 Å². The van der Waals surface area contributed by atoms with Crippen molar-refractivity contribution in [3.05, 3.63) is 29.8 Å². The van der Waals surface area contributed by atoms with Gasteiger partial charge in [-0.1, -0.05) is 12.1 Å². The van der Waals surface area contributed by atoms with E-state index in [-0.39, 0.29) is 12.4 Å². The Morgan fingerprint density at radius 1 is 1.27 bits per heavy atom. The second kappa shape index (κ2) is 4.31. The molecule has 0 unspecified atom stereocenters. The summed E-state index contributed by atoms with van der Waals surface area (Å²) in [6.45, 7) is -0.229. The quantitative estimate of drug-likeness (QED) is 0.608. The van der Waals surface area contributed by atoms with Crippen LogP contribution < -0.4 is 4.74 Å². The molecular formula is C9H7F3O3. The van der Waals surface area contributed by atoms with E-state index in [1.54, 1.807) is 0 Å². The number of carbonyl (C=O) groups is 1. The number of aliphatic hydroxyl groups is 1. The zero-order valence-corrected chi connectivity index (χ0v) is 7.41. The van der Waals surface area contributed by atoms with E-state index in [1.165, 1.54) is 24.3 Å². The van der Waals surface area contributed by atoms with Crippen LogP contribution in [0.15, 0.2) is 24.3 Å². The third-order valence-electron chi connectivity index (χ3n) is 1.55. The van der Waals surface area contributed by atoms with E-state index >= 15 is 0 Å². The van der Waals surface area contributed by atoms with Gasteiger partial charge in [-0.25, -0.2) is 4.79 Å². The van der Waals surface area contributed by atoms with Gasteiger partial charge in [-0.15, -0.1) is 0 Å². The first-order valence-corrected chi connectivity index (χ1v) is 3.92. The Hall–Kier alpha value is -1.56. The number of alkyl halides is 3. The molecule has 0 aliphatic heterocycles. The van der Waals surface area contributed by atoms with Crippen LogP contribution in [0.25, 0.3) is 0 Å². The maximum absolute atomic E-state index is 11.8. The van der Waals surface area contributed by atoms with Gasteiger partial charge in [0.05, 0.1) is 6.61 Å². The molecule has 1 N–H and O–H groups in total. The predicted molar refractivity (Wildman–Crippen MR) is 44.1 cm³/mol. The van der Waals surface area contributed by atoms with Gasteiger partial charge in [0, 0.05) is 0 Å². The average molecular weight is 220 g/mol. The van der Waals surface area contributed by atoms with E-state index in [0.29, 0.717) is 5.56 Å². The smallest absolute Gasteiger partial charge is 0.420 e. The molecule has 0 radical (unpaired) electrons. The summed E-state index contributed by atoms with van der Waals surface area (Å²) >= 11 is 0. The molecule has 0 aliphatic carbocycles. The Bertz CT molecular complexity index is 343. The summed E-state index contributed by atoms with van der Waals surface area (Å²) in [5.74, 6) is -2.48. The van der Waals surface area contributed by atoms with Crippen LogP contribution in [0.5, 0.6) is 5.75 Å². The number of halogens is 3. The van der Waals surface area contributed by atoms with Crippen molar-refractivity contribution in [2.75, 3.05) is 0 Å². The number of carbonyl (C=O) groups excluding carboxylic acids is 1. The van der Waals surface area contributed by atoms with Crippen molar-refractivity contribution in [3.8, 4) is 5.75 Å². The van der Waals surface area contributed by atoms with Crippen molar-refractivity contribution >= 4 is 5.97 Å². The van der Waals surface area contributed by atoms with Gasteiger partial charge in [0.2, 0.25) is 0 Å². The molecule has 0 fully saturated rings. The van der Waals surface area contributed by atoms with E-state index < -0.39 is 12.1 Å². The van der Waals surface area contributed by atoms with E-state index in [0.717, 1.165) is 0 Å². The molecule has 0 atom stereocenters. The van der Waals surface area contributed by atoms with E-state index in [2.05, 4.69) is 4.74 Å². The largest absolute Gasteiger partial charge is 0.491 e. The highest BCUT2D eigenvalue weighted by Crippen LogP contribution is 2.20. The fourth-order valence-electron chi connectivity index (χ4n) is 0.828. The highest BCUT2D eigenvalue weighted by atomic mass is 19.4. The number of benzene rings is 1. The SMILES string of the molecule is O=C(Oc1ccc(CO)cc1)C(F)(F)F. The molecule has 0 aliphatic rings. The Morgan fingerprint density at radius 3 is 2.20 bits per heavy atom. The molecular weight excluding hydrogens is 213 g/mol. The van der Waals surface area contributed by atoms with Gasteiger partial charge in [0.15, 0.2) is 0 Å². The van der Waals surface area contributed by atoms with Crippen molar-refractivity contribution in [2.45, 2.75) is 12.8 Å². The maximum Gasteiger partial charge on any atom is 0.491 e. The summed E-state index contributed by atoms with van der Waals surface area (Å²) in [5.41, 5.74) is 0.516. The van der Waals surface area contributed by atoms with Gasteiger partial charge in [-0.2, -0.15) is 13.2 Å². The molecule has 6 heteroatoms. The van der Waals surface area contributed by atoms with Gasteiger partial charge < -0.3 is 9.84 Å². The van der Waals surface area contributed by atoms with Gasteiger partial charge in [0.25, 0.3) is 0 Å². The third kappa shape index (κ3) is 3.25. The second-order valence-corrected chi connectivity index (χ2v) is 2.69. The third-order valence-corrected chi connectivity index (χ3v) is 1.55. The minimum absolute atomic E-state index is 0.213. The number of ether oxygens (including phenoxy) is 1. The zero-order chi connectivity index (χ0) is 11.5. The van der Waals surface area contributed by atoms with Gasteiger partial charge in [-0.3, -0.25) is 0 Å². The molecule has 1 aromatic carbocycles. The fourth-order valence-corrected chi connectivity index (χ4v) is 0.828. The first-order chi connectivity index (χ1) is 6.93. The van der Waals surface area contributed by atoms with Gasteiger partial charge in [-0.05, 0) is 17.7 Å². The number of rotatable bonds is 2. The van der Waals surface area contributed by atoms with Crippen LogP contribution in [0.1, 0.15) is 5.56 Å². The Balaban J connectivity index is 2.70. The van der Waals surface area contributed by atoms with Crippen LogP contribution in [-0.2, 0) is 11.4 Å². The second-order valence-electron chi connectivity index (χ2n) is 2.69. The summed E-state index contributed by atoms with van der Waals surface area (Å²) in [6.07, 6.45) is -5.00. The molecule has 0 heterocycles. The minimum Gasteiger partial charge on any atom is -0.420 e. The number of hydrogen-bond acceptors (Lipinski definition) is 3. The molecule has 1 rings (SSSR count). The van der Waals surface area contributed by atoms with Gasteiger partial charge >= 0.3 is 12.1 Å². The predicted octanol–water partition coefficient (Wildman–Crippen LogP) is 1.65. The molecule has 0 bridgehead atoms. The first kappa shape index (κ1) is 11.5. The van der Waals surface area contributed by atoms with Crippen molar-refractivity contribution in [1.82, 2.24) is 0 Å². The molecule has 82 valence electrons. The Kier molecular flexibility index (Phi) is 3.31. The van der Waals surface area contributed by atoms with Crippen LogP contribution in [0.3, 0.4) is 0 Å². The molecule has 0 aromatic heterocycles. The molecule has 0 spiro atoms. The highest BCUT2D eigenvalue weighted by Gasteiger charge is 2.41. The summed E-state index contributed by atoms with van der Waals surface area (Å²) in [4.78, 5) is 10.4.